The molecule has 262 valence electrons. The zero-order valence-electron chi connectivity index (χ0n) is 27.3. The normalized spacial score (nSPS) is 15.5. The van der Waals surface area contributed by atoms with Crippen LogP contribution in [0.4, 0.5) is 30.4 Å². The number of thiophene rings is 1. The molecule has 2 aromatic heterocycles. The number of nitrogens with zero attached hydrogens (tertiary/aromatic N) is 5. The van der Waals surface area contributed by atoms with Crippen LogP contribution in [0.2, 0.25) is 0 Å². The van der Waals surface area contributed by atoms with Crippen LogP contribution in [0.25, 0.3) is 10.2 Å². The van der Waals surface area contributed by atoms with E-state index in [9.17, 15) is 26.4 Å². The molecule has 2 aliphatic heterocycles. The van der Waals surface area contributed by atoms with Gasteiger partial charge in [0.2, 0.25) is 0 Å². The number of hydrogen-bond acceptors (Lipinski definition) is 8. The van der Waals surface area contributed by atoms with E-state index in [0.717, 1.165) is 34.3 Å². The number of para-hydroxylation sites is 2. The van der Waals surface area contributed by atoms with E-state index < -0.39 is 21.9 Å². The second-order valence-corrected chi connectivity index (χ2v) is 14.5. The SMILES string of the molecule is Cc1ccc(S(=O)(=O)O)cc1.O=C(c1cc2c(C(F)(F)F)cc(N3CCN(c4ccccc4)CC3)nc2s1)N1CCN(c2ccccc2)CC1. The van der Waals surface area contributed by atoms with E-state index in [1.165, 1.54) is 18.2 Å². The zero-order chi connectivity index (χ0) is 35.5. The molecule has 0 radical (unpaired) electrons. The molecule has 2 aliphatic rings. The molecule has 3 aromatic carbocycles. The maximum absolute atomic E-state index is 14.2. The molecule has 7 rings (SSSR count). The van der Waals surface area contributed by atoms with Crippen LogP contribution in [0.15, 0.2) is 102 Å². The molecule has 1 N–H and O–H groups in total. The smallest absolute Gasteiger partial charge is 0.368 e. The van der Waals surface area contributed by atoms with Gasteiger partial charge in [-0.25, -0.2) is 4.98 Å². The fraction of sp³-hybridized carbons (Fsp3) is 0.278. The minimum Gasteiger partial charge on any atom is -0.368 e. The van der Waals surface area contributed by atoms with Gasteiger partial charge in [0.1, 0.15) is 10.6 Å². The van der Waals surface area contributed by atoms with Crippen molar-refractivity contribution in [1.82, 2.24) is 9.88 Å². The zero-order valence-corrected chi connectivity index (χ0v) is 28.9. The summed E-state index contributed by atoms with van der Waals surface area (Å²) in [4.78, 5) is 26.5. The molecule has 0 spiro atoms. The number of pyridine rings is 1. The lowest BCUT2D eigenvalue weighted by atomic mass is 10.1. The lowest BCUT2D eigenvalue weighted by Gasteiger charge is -2.37. The van der Waals surface area contributed by atoms with Crippen LogP contribution in [0.5, 0.6) is 0 Å². The van der Waals surface area contributed by atoms with Crippen molar-refractivity contribution in [2.75, 3.05) is 67.1 Å². The van der Waals surface area contributed by atoms with Crippen LogP contribution < -0.4 is 14.7 Å². The Morgan fingerprint density at radius 1 is 0.740 bits per heavy atom. The van der Waals surface area contributed by atoms with E-state index >= 15 is 0 Å². The first-order valence-electron chi connectivity index (χ1n) is 16.1. The maximum atomic E-state index is 14.2. The molecule has 5 aromatic rings. The number of alkyl halides is 3. The molecule has 9 nitrogen and oxygen atoms in total. The molecule has 2 saturated heterocycles. The Bertz CT molecular complexity index is 2030. The average molecular weight is 724 g/mol. The lowest BCUT2D eigenvalue weighted by molar-refractivity contribution is -0.136. The Kier molecular flexibility index (Phi) is 10.3. The van der Waals surface area contributed by atoms with Gasteiger partial charge in [-0.15, -0.1) is 11.3 Å². The number of benzene rings is 3. The summed E-state index contributed by atoms with van der Waals surface area (Å²) in [6, 6.07) is 28.5. The van der Waals surface area contributed by atoms with Crippen LogP contribution in [0.3, 0.4) is 0 Å². The third kappa shape index (κ3) is 8.20. The average Bonchev–Trinajstić information content (AvgIpc) is 3.56. The number of aromatic nitrogens is 1. The molecule has 0 bridgehead atoms. The third-order valence-electron chi connectivity index (χ3n) is 8.74. The fourth-order valence-corrected chi connectivity index (χ4v) is 7.51. The van der Waals surface area contributed by atoms with Gasteiger partial charge in [-0.3, -0.25) is 9.35 Å². The van der Waals surface area contributed by atoms with Crippen molar-refractivity contribution in [1.29, 1.82) is 0 Å². The summed E-state index contributed by atoms with van der Waals surface area (Å²) in [6.45, 7) is 6.71. The highest BCUT2D eigenvalue weighted by Crippen LogP contribution is 2.40. The third-order valence-corrected chi connectivity index (χ3v) is 10.6. The van der Waals surface area contributed by atoms with Crippen molar-refractivity contribution in [2.45, 2.75) is 18.0 Å². The highest BCUT2D eigenvalue weighted by Gasteiger charge is 2.36. The van der Waals surface area contributed by atoms with Gasteiger partial charge >= 0.3 is 6.18 Å². The highest BCUT2D eigenvalue weighted by molar-refractivity contribution is 7.85. The van der Waals surface area contributed by atoms with Crippen LogP contribution in [0, 0.1) is 6.92 Å². The van der Waals surface area contributed by atoms with Crippen LogP contribution in [-0.2, 0) is 16.3 Å². The van der Waals surface area contributed by atoms with Crippen molar-refractivity contribution < 1.29 is 30.9 Å². The summed E-state index contributed by atoms with van der Waals surface area (Å²) in [7, 11) is -4.02. The first-order chi connectivity index (χ1) is 23.9. The number of hydrogen-bond donors (Lipinski definition) is 1. The summed E-state index contributed by atoms with van der Waals surface area (Å²) >= 11 is 1.05. The van der Waals surface area contributed by atoms with Gasteiger partial charge in [-0.2, -0.15) is 21.6 Å². The van der Waals surface area contributed by atoms with E-state index in [1.54, 1.807) is 17.0 Å². The van der Waals surface area contributed by atoms with Crippen LogP contribution in [-0.4, -0.2) is 81.1 Å². The summed E-state index contributed by atoms with van der Waals surface area (Å²) < 4.78 is 72.1. The number of piperazine rings is 2. The summed E-state index contributed by atoms with van der Waals surface area (Å²) in [5.74, 6) is 0.0664. The van der Waals surface area contributed by atoms with Gasteiger partial charge in [-0.1, -0.05) is 54.1 Å². The molecule has 1 amide bonds. The van der Waals surface area contributed by atoms with Crippen LogP contribution >= 0.6 is 11.3 Å². The first-order valence-corrected chi connectivity index (χ1v) is 18.3. The molecule has 50 heavy (non-hydrogen) atoms. The van der Waals surface area contributed by atoms with Crippen molar-refractivity contribution in [2.24, 2.45) is 0 Å². The molecule has 0 unspecified atom stereocenters. The molecule has 14 heteroatoms. The van der Waals surface area contributed by atoms with Crippen molar-refractivity contribution in [3.63, 3.8) is 0 Å². The number of carbonyl (C=O) groups excluding carboxylic acids is 1. The minimum atomic E-state index is -4.55. The Hall–Kier alpha value is -4.66. The second kappa shape index (κ2) is 14.7. The van der Waals surface area contributed by atoms with E-state index in [1.807, 2.05) is 72.5 Å². The van der Waals surface area contributed by atoms with Gasteiger partial charge in [0.05, 0.1) is 15.3 Å². The van der Waals surface area contributed by atoms with Gasteiger partial charge in [0, 0.05) is 69.1 Å². The largest absolute Gasteiger partial charge is 0.417 e. The fourth-order valence-electron chi connectivity index (χ4n) is 6.01. The summed E-state index contributed by atoms with van der Waals surface area (Å²) in [5, 5.41) is -0.00885. The Balaban J connectivity index is 0.000000336. The van der Waals surface area contributed by atoms with Crippen molar-refractivity contribution in [3.05, 3.63) is 113 Å². The number of carbonyl (C=O) groups is 1. The van der Waals surface area contributed by atoms with Gasteiger partial charge in [0.25, 0.3) is 16.0 Å². The van der Waals surface area contributed by atoms with E-state index in [2.05, 4.69) is 14.8 Å². The molecule has 0 atom stereocenters. The van der Waals surface area contributed by atoms with Gasteiger partial charge < -0.3 is 19.6 Å². The monoisotopic (exact) mass is 723 g/mol. The quantitative estimate of drug-likeness (QED) is 0.197. The molecule has 0 aliphatic carbocycles. The van der Waals surface area contributed by atoms with Crippen molar-refractivity contribution in [3.8, 4) is 0 Å². The summed E-state index contributed by atoms with van der Waals surface area (Å²) in [5.41, 5.74) is 2.42. The number of fused-ring (bicyclic) bond motifs is 1. The number of rotatable bonds is 5. The Labute approximate surface area is 292 Å². The maximum Gasteiger partial charge on any atom is 0.417 e. The Morgan fingerprint density at radius 3 is 1.74 bits per heavy atom. The van der Waals surface area contributed by atoms with E-state index in [-0.39, 0.29) is 21.0 Å². The standard InChI is InChI=1S/C29H28F3N5OS.C7H8O3S/c30-29(31,32)24-20-26(36-15-11-34(12-16-36)21-7-3-1-4-8-21)33-27-23(24)19-25(39-27)28(38)37-17-13-35(14-18-37)22-9-5-2-6-10-22;1-6-2-4-7(5-3-6)11(8,9)10/h1-10,19-20H,11-18H2;2-5H,1H3,(H,8,9,10). The lowest BCUT2D eigenvalue weighted by Crippen LogP contribution is -2.48. The highest BCUT2D eigenvalue weighted by atomic mass is 32.2. The predicted molar refractivity (Wildman–Crippen MR) is 191 cm³/mol. The molecule has 4 heterocycles. The number of aryl methyl sites for hydroxylation is 1. The molecule has 0 saturated carbocycles. The number of amides is 1. The predicted octanol–water partition coefficient (Wildman–Crippen LogP) is 6.85. The van der Waals surface area contributed by atoms with Gasteiger partial charge in [-0.05, 0) is 55.5 Å². The van der Waals surface area contributed by atoms with Gasteiger partial charge in [0.15, 0.2) is 0 Å². The van der Waals surface area contributed by atoms with Crippen molar-refractivity contribution >= 4 is 54.8 Å². The topological polar surface area (TPSA) is 97.3 Å². The van der Waals surface area contributed by atoms with E-state index in [4.69, 9.17) is 4.55 Å². The van der Waals surface area contributed by atoms with Crippen LogP contribution in [0.1, 0.15) is 20.8 Å². The number of anilines is 3. The Morgan fingerprint density at radius 2 is 1.24 bits per heavy atom. The second-order valence-electron chi connectivity index (χ2n) is 12.1. The number of halogens is 3. The minimum absolute atomic E-state index is 0.00885. The summed E-state index contributed by atoms with van der Waals surface area (Å²) in [6.07, 6.45) is -4.55. The first kappa shape index (κ1) is 35.2. The molecular weight excluding hydrogens is 688 g/mol. The molecule has 2 fully saturated rings. The van der Waals surface area contributed by atoms with E-state index in [0.29, 0.717) is 63.1 Å². The molecular formula is C36H36F3N5O4S2.